The summed E-state index contributed by atoms with van der Waals surface area (Å²) in [5.74, 6) is -0.0290. The van der Waals surface area contributed by atoms with Crippen LogP contribution in [0.15, 0.2) is 89.1 Å². The van der Waals surface area contributed by atoms with Crippen LogP contribution in [0.25, 0.3) is 0 Å². The van der Waals surface area contributed by atoms with Crippen molar-refractivity contribution in [1.82, 2.24) is 0 Å². The van der Waals surface area contributed by atoms with Gasteiger partial charge in [-0.05, 0) is 23.3 Å². The molecule has 1 spiro atoms. The predicted molar refractivity (Wildman–Crippen MR) is 109 cm³/mol. The first-order chi connectivity index (χ1) is 14.6. The van der Waals surface area contributed by atoms with Gasteiger partial charge >= 0.3 is 0 Å². The summed E-state index contributed by atoms with van der Waals surface area (Å²) in [6, 6.07) is 22.9. The van der Waals surface area contributed by atoms with E-state index in [1.807, 2.05) is 36.4 Å². The second-order valence-electron chi connectivity index (χ2n) is 7.38. The van der Waals surface area contributed by atoms with E-state index in [9.17, 15) is 14.9 Å². The highest BCUT2D eigenvalue weighted by molar-refractivity contribution is 6.08. The molecule has 0 aliphatic carbocycles. The van der Waals surface area contributed by atoms with Crippen molar-refractivity contribution in [3.63, 3.8) is 0 Å². The number of non-ortho nitro benzene ring substituents is 1. The number of hydrogen-bond donors (Lipinski definition) is 0. The third-order valence-corrected chi connectivity index (χ3v) is 5.78. The molecule has 0 fully saturated rings. The number of nitrogens with zero attached hydrogens (tertiary/aromatic N) is 3. The minimum absolute atomic E-state index is 0.00384. The molecular formula is C23H17N3O4. The fourth-order valence-corrected chi connectivity index (χ4v) is 4.33. The van der Waals surface area contributed by atoms with Crippen LogP contribution in [0, 0.1) is 10.1 Å². The molecule has 2 aliphatic heterocycles. The quantitative estimate of drug-likeness (QED) is 0.462. The Morgan fingerprint density at radius 1 is 0.933 bits per heavy atom. The number of rotatable bonds is 3. The largest absolute Gasteiger partial charge is 0.482 e. The van der Waals surface area contributed by atoms with Crippen LogP contribution in [0.2, 0.25) is 0 Å². The highest BCUT2D eigenvalue weighted by atomic mass is 16.6. The third-order valence-electron chi connectivity index (χ3n) is 5.78. The third kappa shape index (κ3) is 2.62. The highest BCUT2D eigenvalue weighted by Crippen LogP contribution is 2.52. The number of ether oxygens (including phenoxy) is 1. The summed E-state index contributed by atoms with van der Waals surface area (Å²) in [6.07, 6.45) is -0.660. The van der Waals surface area contributed by atoms with E-state index in [0.717, 1.165) is 11.1 Å². The van der Waals surface area contributed by atoms with Gasteiger partial charge in [-0.3, -0.25) is 14.9 Å². The Morgan fingerprint density at radius 3 is 2.37 bits per heavy atom. The summed E-state index contributed by atoms with van der Waals surface area (Å²) >= 11 is 0. The smallest absolute Gasteiger partial charge is 0.269 e. The second kappa shape index (κ2) is 6.88. The molecule has 2 aliphatic rings. The van der Waals surface area contributed by atoms with Crippen LogP contribution in [0.5, 0.6) is 5.75 Å². The lowest BCUT2D eigenvalue weighted by Gasteiger charge is -2.41. The first-order valence-electron chi connectivity index (χ1n) is 9.59. The molecule has 5 rings (SSSR count). The molecule has 0 saturated carbocycles. The first kappa shape index (κ1) is 18.2. The van der Waals surface area contributed by atoms with E-state index in [1.165, 1.54) is 12.1 Å². The van der Waals surface area contributed by atoms with E-state index in [1.54, 1.807) is 30.3 Å². The molecule has 0 aromatic heterocycles. The fourth-order valence-electron chi connectivity index (χ4n) is 4.33. The lowest BCUT2D eigenvalue weighted by molar-refractivity contribution is -0.384. The molecule has 0 saturated heterocycles. The van der Waals surface area contributed by atoms with E-state index in [-0.39, 0.29) is 11.5 Å². The Balaban J connectivity index is 1.68. The summed E-state index contributed by atoms with van der Waals surface area (Å²) in [5, 5.41) is 19.8. The van der Waals surface area contributed by atoms with Crippen LogP contribution in [-0.4, -0.2) is 22.8 Å². The Hall–Kier alpha value is -3.87. The number of carbonyl (C=O) groups is 1. The van der Waals surface area contributed by atoms with Crippen molar-refractivity contribution in [1.29, 1.82) is 0 Å². The topological polar surface area (TPSA) is 94.2 Å². The van der Waals surface area contributed by atoms with Crippen LogP contribution < -0.4 is 4.74 Å². The standard InChI is InChI=1S/C23H17N3O4/c27-21-18-8-4-5-9-20(18)30-22(16-6-2-1-3-7-16)23(21)19(14-24-25-23)15-10-12-17(13-11-15)26(28)29/h1-13,19,22H,14H2. The lowest BCUT2D eigenvalue weighted by Crippen LogP contribution is -2.51. The van der Waals surface area contributed by atoms with Gasteiger partial charge in [-0.1, -0.05) is 54.6 Å². The lowest BCUT2D eigenvalue weighted by atomic mass is 9.69. The van der Waals surface area contributed by atoms with Crippen molar-refractivity contribution in [2.45, 2.75) is 17.6 Å². The molecule has 3 unspecified atom stereocenters. The normalized spacial score (nSPS) is 24.5. The molecule has 30 heavy (non-hydrogen) atoms. The molecule has 7 heteroatoms. The molecule has 148 valence electrons. The van der Waals surface area contributed by atoms with E-state index in [4.69, 9.17) is 4.74 Å². The number of ketones is 1. The molecule has 3 atom stereocenters. The highest BCUT2D eigenvalue weighted by Gasteiger charge is 2.60. The Kier molecular flexibility index (Phi) is 4.17. The van der Waals surface area contributed by atoms with Gasteiger partial charge in [-0.15, -0.1) is 0 Å². The van der Waals surface area contributed by atoms with Gasteiger partial charge in [0.15, 0.2) is 11.6 Å². The van der Waals surface area contributed by atoms with Gasteiger partial charge in [-0.2, -0.15) is 10.2 Å². The average molecular weight is 399 g/mol. The van der Waals surface area contributed by atoms with Crippen LogP contribution in [0.4, 0.5) is 5.69 Å². The second-order valence-corrected chi connectivity index (χ2v) is 7.38. The van der Waals surface area contributed by atoms with E-state index >= 15 is 0 Å². The number of nitro groups is 1. The van der Waals surface area contributed by atoms with Crippen molar-refractivity contribution in [3.8, 4) is 5.75 Å². The Bertz CT molecular complexity index is 1160. The molecule has 0 N–H and O–H groups in total. The monoisotopic (exact) mass is 399 g/mol. The van der Waals surface area contributed by atoms with Gasteiger partial charge in [-0.25, -0.2) is 0 Å². The summed E-state index contributed by atoms with van der Waals surface area (Å²) in [5.41, 5.74) is 0.788. The Morgan fingerprint density at radius 2 is 1.63 bits per heavy atom. The number of carbonyl (C=O) groups excluding carboxylic acids is 1. The molecular weight excluding hydrogens is 382 g/mol. The van der Waals surface area contributed by atoms with E-state index < -0.39 is 22.5 Å². The summed E-state index contributed by atoms with van der Waals surface area (Å²) in [7, 11) is 0. The van der Waals surface area contributed by atoms with Gasteiger partial charge < -0.3 is 4.74 Å². The van der Waals surface area contributed by atoms with Crippen LogP contribution in [0.3, 0.4) is 0 Å². The van der Waals surface area contributed by atoms with Crippen molar-refractivity contribution >= 4 is 11.5 Å². The first-order valence-corrected chi connectivity index (χ1v) is 9.59. The molecule has 0 radical (unpaired) electrons. The number of azo groups is 1. The van der Waals surface area contributed by atoms with Crippen LogP contribution in [0.1, 0.15) is 33.5 Å². The number of hydrogen-bond acceptors (Lipinski definition) is 6. The van der Waals surface area contributed by atoms with Gasteiger partial charge in [0.2, 0.25) is 5.78 Å². The van der Waals surface area contributed by atoms with Gasteiger partial charge in [0.1, 0.15) is 5.75 Å². The zero-order valence-corrected chi connectivity index (χ0v) is 15.8. The number of fused-ring (bicyclic) bond motifs is 1. The summed E-state index contributed by atoms with van der Waals surface area (Å²) in [4.78, 5) is 24.4. The maximum atomic E-state index is 13.8. The zero-order valence-electron chi connectivity index (χ0n) is 15.8. The van der Waals surface area contributed by atoms with E-state index in [0.29, 0.717) is 17.9 Å². The molecule has 0 amide bonds. The minimum atomic E-state index is -1.27. The summed E-state index contributed by atoms with van der Waals surface area (Å²) in [6.45, 7) is 0.304. The van der Waals surface area contributed by atoms with Crippen LogP contribution in [-0.2, 0) is 0 Å². The van der Waals surface area contributed by atoms with Crippen molar-refractivity contribution < 1.29 is 14.5 Å². The molecule has 0 bridgehead atoms. The maximum absolute atomic E-state index is 13.8. The molecule has 3 aromatic rings. The minimum Gasteiger partial charge on any atom is -0.482 e. The van der Waals surface area contributed by atoms with E-state index in [2.05, 4.69) is 10.2 Å². The zero-order chi connectivity index (χ0) is 20.7. The van der Waals surface area contributed by atoms with Crippen molar-refractivity contribution in [2.24, 2.45) is 10.2 Å². The predicted octanol–water partition coefficient (Wildman–Crippen LogP) is 4.90. The molecule has 2 heterocycles. The average Bonchev–Trinajstić information content (AvgIpc) is 3.22. The SMILES string of the molecule is O=C1c2ccccc2OC(c2ccccc2)C12N=NCC2c1ccc([N+](=O)[O-])cc1. The van der Waals surface area contributed by atoms with Crippen molar-refractivity contribution in [3.05, 3.63) is 106 Å². The maximum Gasteiger partial charge on any atom is 0.269 e. The van der Waals surface area contributed by atoms with Gasteiger partial charge in [0, 0.05) is 18.1 Å². The fraction of sp³-hybridized carbons (Fsp3) is 0.174. The Labute approximate surface area is 172 Å². The van der Waals surface area contributed by atoms with Gasteiger partial charge in [0.25, 0.3) is 5.69 Å². The summed E-state index contributed by atoms with van der Waals surface area (Å²) < 4.78 is 6.36. The molecule has 3 aromatic carbocycles. The number of Topliss-reactive ketones (excluding diaryl/α,β-unsaturated/α-hetero) is 1. The van der Waals surface area contributed by atoms with Crippen LogP contribution >= 0.6 is 0 Å². The van der Waals surface area contributed by atoms with Crippen molar-refractivity contribution in [2.75, 3.05) is 6.54 Å². The molecule has 7 nitrogen and oxygen atoms in total. The van der Waals surface area contributed by atoms with Gasteiger partial charge in [0.05, 0.1) is 17.0 Å². The number of benzene rings is 3. The number of para-hydroxylation sites is 1. The number of nitro benzene ring substituents is 1.